The molecule has 0 bridgehead atoms. The van der Waals surface area contributed by atoms with E-state index in [4.69, 9.17) is 0 Å². The van der Waals surface area contributed by atoms with Gasteiger partial charge in [0.1, 0.15) is 11.9 Å². The molecule has 1 fully saturated rings. The Labute approximate surface area is 179 Å². The molecule has 2 aromatic rings. The van der Waals surface area contributed by atoms with E-state index in [0.29, 0.717) is 12.1 Å². The number of H-pyrrole nitrogens is 1. The van der Waals surface area contributed by atoms with Gasteiger partial charge in [-0.1, -0.05) is 0 Å². The molecule has 5 N–H and O–H groups in total. The summed E-state index contributed by atoms with van der Waals surface area (Å²) in [5.41, 5.74) is 2.51. The van der Waals surface area contributed by atoms with Crippen LogP contribution in [0.25, 0.3) is 16.5 Å². The Balaban J connectivity index is 1.61. The number of hydrogen-bond donors (Lipinski definition) is 5. The highest BCUT2D eigenvalue weighted by Gasteiger charge is 2.45. The number of aromatic amines is 1. The maximum atomic E-state index is 13.6. The van der Waals surface area contributed by atoms with Crippen molar-refractivity contribution in [2.45, 2.75) is 50.5 Å². The van der Waals surface area contributed by atoms with Crippen molar-refractivity contribution in [2.24, 2.45) is 0 Å². The summed E-state index contributed by atoms with van der Waals surface area (Å²) in [7, 11) is 1.66. The number of likely N-dealkylation sites (N-methyl/N-ethyl adjacent to an activating group) is 1. The number of nitrogens with one attached hydrogen (secondary N) is 4. The second-order valence-corrected chi connectivity index (χ2v) is 8.27. The first-order valence-electron chi connectivity index (χ1n) is 10.5. The van der Waals surface area contributed by atoms with E-state index in [9.17, 15) is 19.1 Å². The number of benzene rings is 1. The lowest BCUT2D eigenvalue weighted by Crippen LogP contribution is -2.57. The quantitative estimate of drug-likeness (QED) is 0.464. The van der Waals surface area contributed by atoms with Crippen LogP contribution in [0.5, 0.6) is 0 Å². The summed E-state index contributed by atoms with van der Waals surface area (Å²) in [5, 5.41) is 20.0. The van der Waals surface area contributed by atoms with Crippen LogP contribution in [0, 0.1) is 5.82 Å². The minimum absolute atomic E-state index is 0.0472. The molecule has 0 spiro atoms. The van der Waals surface area contributed by atoms with E-state index in [1.165, 1.54) is 19.1 Å². The number of fused-ring (bicyclic) bond motifs is 2. The molecule has 2 aliphatic heterocycles. The molecule has 0 saturated carbocycles. The first-order valence-corrected chi connectivity index (χ1v) is 10.5. The smallest absolute Gasteiger partial charge is 0.248 e. The van der Waals surface area contributed by atoms with Gasteiger partial charge < -0.3 is 30.9 Å². The van der Waals surface area contributed by atoms with Gasteiger partial charge in [-0.05, 0) is 45.5 Å². The molecule has 1 saturated heterocycles. The van der Waals surface area contributed by atoms with Crippen LogP contribution in [-0.2, 0) is 9.59 Å². The van der Waals surface area contributed by atoms with Crippen molar-refractivity contribution in [3.05, 3.63) is 42.0 Å². The molecular weight excluding hydrogens is 401 g/mol. The molecular formula is C22H28FN5O3. The summed E-state index contributed by atoms with van der Waals surface area (Å²) in [6, 6.07) is 2.86. The van der Waals surface area contributed by atoms with E-state index in [1.54, 1.807) is 24.9 Å². The molecule has 1 aromatic carbocycles. The van der Waals surface area contributed by atoms with Crippen LogP contribution in [0.15, 0.2) is 30.6 Å². The normalized spacial score (nSPS) is 23.1. The van der Waals surface area contributed by atoms with Gasteiger partial charge in [-0.25, -0.2) is 4.39 Å². The Morgan fingerprint density at radius 2 is 2.10 bits per heavy atom. The van der Waals surface area contributed by atoms with Gasteiger partial charge in [-0.15, -0.1) is 0 Å². The fourth-order valence-corrected chi connectivity index (χ4v) is 4.43. The average molecular weight is 429 g/mol. The number of aliphatic hydroxyl groups is 1. The molecule has 9 heteroatoms. The van der Waals surface area contributed by atoms with E-state index >= 15 is 0 Å². The molecule has 5 atom stereocenters. The van der Waals surface area contributed by atoms with Crippen molar-refractivity contribution in [1.82, 2.24) is 25.8 Å². The topological polar surface area (TPSA) is 109 Å². The van der Waals surface area contributed by atoms with Gasteiger partial charge in [0.15, 0.2) is 0 Å². The summed E-state index contributed by atoms with van der Waals surface area (Å²) in [4.78, 5) is 30.6. The van der Waals surface area contributed by atoms with Gasteiger partial charge in [0.2, 0.25) is 11.8 Å². The highest BCUT2D eigenvalue weighted by molar-refractivity contribution is 5.97. The van der Waals surface area contributed by atoms with Gasteiger partial charge in [0.25, 0.3) is 0 Å². The maximum Gasteiger partial charge on any atom is 0.248 e. The third-order valence-electron chi connectivity index (χ3n) is 6.28. The van der Waals surface area contributed by atoms with E-state index in [2.05, 4.69) is 20.9 Å². The van der Waals surface area contributed by atoms with Crippen LogP contribution in [0.4, 0.5) is 4.39 Å². The molecule has 1 aromatic heterocycles. The molecule has 2 aliphatic rings. The number of likely N-dealkylation sites (tertiary alicyclic amines) is 1. The van der Waals surface area contributed by atoms with Crippen LogP contribution in [-0.4, -0.2) is 70.7 Å². The molecule has 166 valence electrons. The summed E-state index contributed by atoms with van der Waals surface area (Å²) in [6.45, 7) is 3.70. The van der Waals surface area contributed by atoms with Gasteiger partial charge >= 0.3 is 0 Å². The first-order chi connectivity index (χ1) is 14.8. The zero-order valence-electron chi connectivity index (χ0n) is 17.8. The van der Waals surface area contributed by atoms with Crippen molar-refractivity contribution < 1.29 is 19.1 Å². The third kappa shape index (κ3) is 3.79. The summed E-state index contributed by atoms with van der Waals surface area (Å²) >= 11 is 0. The molecule has 2 amide bonds. The van der Waals surface area contributed by atoms with Crippen molar-refractivity contribution >= 4 is 28.3 Å². The number of carbonyl (C=O) groups excluding carboxylic acids is 2. The summed E-state index contributed by atoms with van der Waals surface area (Å²) in [5.74, 6) is -0.989. The van der Waals surface area contributed by atoms with E-state index < -0.39 is 18.2 Å². The lowest BCUT2D eigenvalue weighted by molar-refractivity contribution is -0.139. The van der Waals surface area contributed by atoms with Gasteiger partial charge in [-0.3, -0.25) is 9.59 Å². The zero-order valence-corrected chi connectivity index (χ0v) is 17.8. The molecule has 8 nitrogen and oxygen atoms in total. The van der Waals surface area contributed by atoms with E-state index in [0.717, 1.165) is 22.9 Å². The maximum absolute atomic E-state index is 13.6. The van der Waals surface area contributed by atoms with Gasteiger partial charge in [0, 0.05) is 41.0 Å². The molecule has 31 heavy (non-hydrogen) atoms. The van der Waals surface area contributed by atoms with E-state index in [-0.39, 0.29) is 29.7 Å². The number of aromatic nitrogens is 1. The lowest BCUT2D eigenvalue weighted by atomic mass is 9.96. The molecule has 4 rings (SSSR count). The van der Waals surface area contributed by atoms with Crippen LogP contribution in [0.1, 0.15) is 25.8 Å². The van der Waals surface area contributed by atoms with Crippen LogP contribution >= 0.6 is 0 Å². The summed E-state index contributed by atoms with van der Waals surface area (Å²) in [6.07, 6.45) is 3.43. The van der Waals surface area contributed by atoms with Crippen molar-refractivity contribution in [3.8, 4) is 0 Å². The van der Waals surface area contributed by atoms with Crippen LogP contribution < -0.4 is 16.0 Å². The Morgan fingerprint density at radius 1 is 1.32 bits per heavy atom. The average Bonchev–Trinajstić information content (AvgIpc) is 3.44. The largest absolute Gasteiger partial charge is 0.391 e. The van der Waals surface area contributed by atoms with Crippen LogP contribution in [0.3, 0.4) is 0 Å². The Bertz CT molecular complexity index is 1030. The minimum atomic E-state index is -1.04. The number of aliphatic hydroxyl groups excluding tert-OH is 1. The monoisotopic (exact) mass is 429 g/mol. The summed E-state index contributed by atoms with van der Waals surface area (Å²) < 4.78 is 13.6. The SMILES string of the molecule is CNC(C)C(=O)NC(C(=O)N1CCC2NC=C(c3c[nH]c4cc(F)ccc34)C21)C(C)O. The molecule has 0 radical (unpaired) electrons. The fraction of sp³-hybridized carbons (Fsp3) is 0.455. The lowest BCUT2D eigenvalue weighted by Gasteiger charge is -2.31. The molecule has 0 aliphatic carbocycles. The van der Waals surface area contributed by atoms with Crippen LogP contribution in [0.2, 0.25) is 0 Å². The van der Waals surface area contributed by atoms with Crippen molar-refractivity contribution in [3.63, 3.8) is 0 Å². The van der Waals surface area contributed by atoms with Crippen molar-refractivity contribution in [2.75, 3.05) is 13.6 Å². The highest BCUT2D eigenvalue weighted by Crippen LogP contribution is 2.38. The number of hydrogen-bond acceptors (Lipinski definition) is 5. The van der Waals surface area contributed by atoms with E-state index in [1.807, 2.05) is 12.4 Å². The predicted molar refractivity (Wildman–Crippen MR) is 115 cm³/mol. The molecule has 5 unspecified atom stereocenters. The fourth-order valence-electron chi connectivity index (χ4n) is 4.43. The molecule has 3 heterocycles. The van der Waals surface area contributed by atoms with Gasteiger partial charge in [0.05, 0.1) is 24.2 Å². The Morgan fingerprint density at radius 3 is 2.81 bits per heavy atom. The number of rotatable bonds is 6. The minimum Gasteiger partial charge on any atom is -0.391 e. The predicted octanol–water partition coefficient (Wildman–Crippen LogP) is 0.694. The zero-order chi connectivity index (χ0) is 22.3. The number of nitrogens with zero attached hydrogens (tertiary/aromatic N) is 1. The number of amides is 2. The first kappa shape index (κ1) is 21.3. The standard InChI is InChI=1S/C22H28FN5O3/c1-11(24-3)21(30)27-19(12(2)29)22(31)28-7-6-17-20(28)16(10-25-17)15-9-26-18-8-13(23)4-5-14(15)18/h4-5,8-12,17,19-20,24-26,29H,6-7H2,1-3H3,(H,27,30). The van der Waals surface area contributed by atoms with Crippen molar-refractivity contribution in [1.29, 1.82) is 0 Å². The second kappa shape index (κ2) is 8.32. The second-order valence-electron chi connectivity index (χ2n) is 8.27. The highest BCUT2D eigenvalue weighted by atomic mass is 19.1. The Hall–Kier alpha value is -2.91. The number of halogens is 1. The Kier molecular flexibility index (Phi) is 5.72. The third-order valence-corrected chi connectivity index (χ3v) is 6.28. The van der Waals surface area contributed by atoms with Gasteiger partial charge in [-0.2, -0.15) is 0 Å². The number of carbonyl (C=O) groups is 2.